The SMILES string of the molecule is COC(=O)C1=Cc2cc3c(cc2C=NC1)OCO3. The minimum atomic E-state index is -0.363. The Labute approximate surface area is 104 Å². The molecule has 3 rings (SSSR count). The predicted molar refractivity (Wildman–Crippen MR) is 65.0 cm³/mol. The van der Waals surface area contributed by atoms with Gasteiger partial charge in [-0.15, -0.1) is 0 Å². The Morgan fingerprint density at radius 1 is 1.28 bits per heavy atom. The molecule has 1 aromatic carbocycles. The molecule has 0 radical (unpaired) electrons. The van der Waals surface area contributed by atoms with Gasteiger partial charge in [-0.2, -0.15) is 0 Å². The predicted octanol–water partition coefficient (Wildman–Crippen LogP) is 1.40. The van der Waals surface area contributed by atoms with E-state index in [4.69, 9.17) is 14.2 Å². The van der Waals surface area contributed by atoms with Crippen LogP contribution < -0.4 is 9.47 Å². The van der Waals surface area contributed by atoms with Crippen LogP contribution in [0.4, 0.5) is 0 Å². The summed E-state index contributed by atoms with van der Waals surface area (Å²) in [7, 11) is 1.36. The van der Waals surface area contributed by atoms with E-state index in [1.165, 1.54) is 7.11 Å². The van der Waals surface area contributed by atoms with Crippen molar-refractivity contribution in [3.63, 3.8) is 0 Å². The first-order valence-corrected chi connectivity index (χ1v) is 5.50. The number of hydrogen-bond donors (Lipinski definition) is 0. The Hall–Kier alpha value is -2.30. The second kappa shape index (κ2) is 4.18. The quantitative estimate of drug-likeness (QED) is 0.702. The monoisotopic (exact) mass is 245 g/mol. The number of nitrogens with zero attached hydrogens (tertiary/aromatic N) is 1. The average Bonchev–Trinajstić information content (AvgIpc) is 2.73. The number of esters is 1. The van der Waals surface area contributed by atoms with Crippen molar-refractivity contribution in [3.8, 4) is 11.5 Å². The lowest BCUT2D eigenvalue weighted by Crippen LogP contribution is -2.06. The Morgan fingerprint density at radius 2 is 2.00 bits per heavy atom. The molecule has 0 fully saturated rings. The maximum Gasteiger partial charge on any atom is 0.335 e. The number of hydrogen-bond acceptors (Lipinski definition) is 5. The smallest absolute Gasteiger partial charge is 0.335 e. The number of carbonyl (C=O) groups is 1. The molecule has 0 saturated carbocycles. The van der Waals surface area contributed by atoms with Crippen LogP contribution in [0, 0.1) is 0 Å². The van der Waals surface area contributed by atoms with E-state index in [2.05, 4.69) is 4.99 Å². The van der Waals surface area contributed by atoms with Crippen LogP contribution in [-0.2, 0) is 9.53 Å². The third-order valence-corrected chi connectivity index (χ3v) is 2.85. The van der Waals surface area contributed by atoms with Crippen LogP contribution in [0.1, 0.15) is 11.1 Å². The Balaban J connectivity index is 2.09. The Morgan fingerprint density at radius 3 is 2.72 bits per heavy atom. The highest BCUT2D eigenvalue weighted by atomic mass is 16.7. The molecule has 0 aliphatic carbocycles. The molecule has 1 aromatic rings. The van der Waals surface area contributed by atoms with Crippen LogP contribution in [0.3, 0.4) is 0 Å². The molecule has 0 amide bonds. The van der Waals surface area contributed by atoms with Gasteiger partial charge in [-0.25, -0.2) is 4.79 Å². The van der Waals surface area contributed by atoms with Gasteiger partial charge in [-0.05, 0) is 23.8 Å². The average molecular weight is 245 g/mol. The first-order valence-electron chi connectivity index (χ1n) is 5.50. The summed E-state index contributed by atoms with van der Waals surface area (Å²) < 4.78 is 15.3. The van der Waals surface area contributed by atoms with E-state index < -0.39 is 0 Å². The van der Waals surface area contributed by atoms with Gasteiger partial charge in [0, 0.05) is 11.8 Å². The zero-order chi connectivity index (χ0) is 12.5. The van der Waals surface area contributed by atoms with Gasteiger partial charge in [0.05, 0.1) is 19.2 Å². The highest BCUT2D eigenvalue weighted by Gasteiger charge is 2.18. The standard InChI is InChI=1S/C13H11NO4/c1-16-13(15)10-2-8-3-11-12(18-7-17-11)4-9(8)5-14-6-10/h2-5H,6-7H2,1H3. The third-order valence-electron chi connectivity index (χ3n) is 2.85. The molecule has 0 unspecified atom stereocenters. The van der Waals surface area contributed by atoms with Crippen LogP contribution in [0.15, 0.2) is 22.7 Å². The molecular weight excluding hydrogens is 234 g/mol. The lowest BCUT2D eigenvalue weighted by atomic mass is 10.1. The van der Waals surface area contributed by atoms with Gasteiger partial charge in [-0.3, -0.25) is 4.99 Å². The second-order valence-electron chi connectivity index (χ2n) is 3.97. The van der Waals surface area contributed by atoms with Crippen molar-refractivity contribution >= 4 is 18.3 Å². The molecular formula is C13H11NO4. The van der Waals surface area contributed by atoms with Crippen LogP contribution in [0.25, 0.3) is 6.08 Å². The van der Waals surface area contributed by atoms with E-state index in [1.807, 2.05) is 12.1 Å². The summed E-state index contributed by atoms with van der Waals surface area (Å²) >= 11 is 0. The third kappa shape index (κ3) is 1.73. The molecule has 0 spiro atoms. The summed E-state index contributed by atoms with van der Waals surface area (Å²) in [6.07, 6.45) is 3.50. The molecule has 0 aromatic heterocycles. The molecule has 5 heteroatoms. The second-order valence-corrected chi connectivity index (χ2v) is 3.97. The van der Waals surface area contributed by atoms with Crippen molar-refractivity contribution in [2.75, 3.05) is 20.4 Å². The largest absolute Gasteiger partial charge is 0.466 e. The van der Waals surface area contributed by atoms with Crippen molar-refractivity contribution in [2.45, 2.75) is 0 Å². The van der Waals surface area contributed by atoms with E-state index in [9.17, 15) is 4.79 Å². The molecule has 0 atom stereocenters. The van der Waals surface area contributed by atoms with E-state index in [-0.39, 0.29) is 12.8 Å². The van der Waals surface area contributed by atoms with Crippen LogP contribution in [0.5, 0.6) is 11.5 Å². The maximum absolute atomic E-state index is 11.5. The molecule has 2 heterocycles. The number of rotatable bonds is 1. The number of methoxy groups -OCH3 is 1. The van der Waals surface area contributed by atoms with Gasteiger partial charge >= 0.3 is 5.97 Å². The van der Waals surface area contributed by atoms with Crippen molar-refractivity contribution in [2.24, 2.45) is 4.99 Å². The van der Waals surface area contributed by atoms with E-state index >= 15 is 0 Å². The Bertz CT molecular complexity index is 575. The molecule has 0 saturated heterocycles. The molecule has 0 N–H and O–H groups in total. The van der Waals surface area contributed by atoms with Crippen molar-refractivity contribution < 1.29 is 19.0 Å². The van der Waals surface area contributed by atoms with Gasteiger partial charge in [0.2, 0.25) is 6.79 Å². The first kappa shape index (κ1) is 10.8. The van der Waals surface area contributed by atoms with Crippen molar-refractivity contribution in [1.29, 1.82) is 0 Å². The van der Waals surface area contributed by atoms with Crippen LogP contribution in [0.2, 0.25) is 0 Å². The van der Waals surface area contributed by atoms with Gasteiger partial charge in [0.15, 0.2) is 11.5 Å². The lowest BCUT2D eigenvalue weighted by molar-refractivity contribution is -0.136. The molecule has 5 nitrogen and oxygen atoms in total. The fourth-order valence-electron chi connectivity index (χ4n) is 1.94. The van der Waals surface area contributed by atoms with Gasteiger partial charge in [0.1, 0.15) is 0 Å². The summed E-state index contributed by atoms with van der Waals surface area (Å²) in [5.41, 5.74) is 2.30. The zero-order valence-corrected chi connectivity index (χ0v) is 9.80. The minimum absolute atomic E-state index is 0.225. The normalized spacial score (nSPS) is 15.7. The Kier molecular flexibility index (Phi) is 2.51. The van der Waals surface area contributed by atoms with Crippen LogP contribution >= 0.6 is 0 Å². The van der Waals surface area contributed by atoms with Gasteiger partial charge < -0.3 is 14.2 Å². The summed E-state index contributed by atoms with van der Waals surface area (Å²) in [4.78, 5) is 15.7. The highest BCUT2D eigenvalue weighted by molar-refractivity contribution is 5.98. The van der Waals surface area contributed by atoms with Crippen molar-refractivity contribution in [3.05, 3.63) is 28.8 Å². The van der Waals surface area contributed by atoms with E-state index in [1.54, 1.807) is 12.3 Å². The number of fused-ring (bicyclic) bond motifs is 2. The van der Waals surface area contributed by atoms with Gasteiger partial charge in [-0.1, -0.05) is 0 Å². The number of ether oxygens (including phenoxy) is 3. The summed E-state index contributed by atoms with van der Waals surface area (Å²) in [5, 5.41) is 0. The number of benzene rings is 1. The summed E-state index contributed by atoms with van der Waals surface area (Å²) in [5.74, 6) is 1.03. The van der Waals surface area contributed by atoms with Gasteiger partial charge in [0.25, 0.3) is 0 Å². The molecule has 18 heavy (non-hydrogen) atoms. The zero-order valence-electron chi connectivity index (χ0n) is 9.80. The highest BCUT2D eigenvalue weighted by Crippen LogP contribution is 2.35. The van der Waals surface area contributed by atoms with E-state index in [0.29, 0.717) is 23.6 Å². The number of aliphatic imine (C=N–C) groups is 1. The maximum atomic E-state index is 11.5. The molecule has 92 valence electrons. The van der Waals surface area contributed by atoms with E-state index in [0.717, 1.165) is 11.1 Å². The van der Waals surface area contributed by atoms with Crippen molar-refractivity contribution in [1.82, 2.24) is 0 Å². The molecule has 2 aliphatic heterocycles. The first-order chi connectivity index (χ1) is 8.78. The molecule has 2 aliphatic rings. The number of carbonyl (C=O) groups excluding carboxylic acids is 1. The summed E-state index contributed by atoms with van der Waals surface area (Å²) in [6.45, 7) is 0.538. The topological polar surface area (TPSA) is 57.1 Å². The van der Waals surface area contributed by atoms with Crippen LogP contribution in [-0.4, -0.2) is 32.6 Å². The molecule has 0 bridgehead atoms. The minimum Gasteiger partial charge on any atom is -0.466 e. The lowest BCUT2D eigenvalue weighted by Gasteiger charge is -2.03. The fourth-order valence-corrected chi connectivity index (χ4v) is 1.94. The fraction of sp³-hybridized carbons (Fsp3) is 0.231. The summed E-state index contributed by atoms with van der Waals surface area (Å²) in [6, 6.07) is 3.70.